The molecule has 2 aromatic carbocycles. The molecule has 1 saturated heterocycles. The summed E-state index contributed by atoms with van der Waals surface area (Å²) in [5, 5.41) is 0.949. The van der Waals surface area contributed by atoms with Crippen LogP contribution >= 0.6 is 23.4 Å². The Bertz CT molecular complexity index is 1050. The molecule has 4 rings (SSSR count). The molecule has 30 heavy (non-hydrogen) atoms. The van der Waals surface area contributed by atoms with Crippen molar-refractivity contribution in [1.82, 2.24) is 4.90 Å². The van der Waals surface area contributed by atoms with Crippen molar-refractivity contribution in [2.45, 2.75) is 38.2 Å². The second kappa shape index (κ2) is 8.66. The summed E-state index contributed by atoms with van der Waals surface area (Å²) in [4.78, 5) is 32.5. The summed E-state index contributed by atoms with van der Waals surface area (Å²) >= 11 is 7.67. The first kappa shape index (κ1) is 20.7. The molecule has 154 valence electrons. The standard InChI is InChI=1S/C23H21ClN2O3S/c1-3-18-21(27)26-20(16-10-7-11-17(24)12-16)19(14(2)25-23(26)30-18)22(28)29-13-15-8-5-4-6-9-15/h4-12,18,20H,3,13H2,1-2H3/t18-,20+/m0/s1. The number of amidine groups is 1. The molecule has 2 heterocycles. The number of thioether (sulfide) groups is 1. The number of carbonyl (C=O) groups excluding carboxylic acids is 2. The summed E-state index contributed by atoms with van der Waals surface area (Å²) in [6, 6.07) is 16.1. The highest BCUT2D eigenvalue weighted by atomic mass is 35.5. The Morgan fingerprint density at radius 1 is 1.20 bits per heavy atom. The van der Waals surface area contributed by atoms with Crippen molar-refractivity contribution in [3.63, 3.8) is 0 Å². The Morgan fingerprint density at radius 2 is 1.97 bits per heavy atom. The van der Waals surface area contributed by atoms with Crippen LogP contribution in [0, 0.1) is 0 Å². The molecule has 0 unspecified atom stereocenters. The normalized spacial score (nSPS) is 20.8. The molecule has 1 fully saturated rings. The maximum atomic E-state index is 13.2. The number of benzene rings is 2. The average molecular weight is 441 g/mol. The Morgan fingerprint density at radius 3 is 2.67 bits per heavy atom. The highest BCUT2D eigenvalue weighted by molar-refractivity contribution is 8.15. The van der Waals surface area contributed by atoms with Gasteiger partial charge in [-0.1, -0.05) is 72.8 Å². The minimum atomic E-state index is -0.615. The number of halogens is 1. The predicted octanol–water partition coefficient (Wildman–Crippen LogP) is 5.12. The lowest BCUT2D eigenvalue weighted by atomic mass is 9.94. The summed E-state index contributed by atoms with van der Waals surface area (Å²) in [6.07, 6.45) is 0.689. The Kier molecular flexibility index (Phi) is 5.97. The zero-order chi connectivity index (χ0) is 21.3. The lowest BCUT2D eigenvalue weighted by Crippen LogP contribution is -2.40. The molecule has 0 aromatic heterocycles. The van der Waals surface area contributed by atoms with Crippen molar-refractivity contribution in [3.8, 4) is 0 Å². The van der Waals surface area contributed by atoms with Gasteiger partial charge >= 0.3 is 5.97 Å². The number of hydrogen-bond donors (Lipinski definition) is 0. The third kappa shape index (κ3) is 3.89. The highest BCUT2D eigenvalue weighted by Gasteiger charge is 2.47. The number of allylic oxidation sites excluding steroid dienone is 1. The SMILES string of the molecule is CC[C@@H]1SC2=NC(C)=C(C(=O)OCc3ccccc3)[C@@H](c3cccc(Cl)c3)N2C1=O. The molecule has 0 saturated carbocycles. The third-order valence-electron chi connectivity index (χ3n) is 5.12. The van der Waals surface area contributed by atoms with Crippen LogP contribution in [0.25, 0.3) is 0 Å². The first-order valence-electron chi connectivity index (χ1n) is 9.75. The number of amides is 1. The molecule has 2 atom stereocenters. The van der Waals surface area contributed by atoms with Gasteiger partial charge in [0.15, 0.2) is 5.17 Å². The first-order valence-corrected chi connectivity index (χ1v) is 11.0. The number of fused-ring (bicyclic) bond motifs is 1. The van der Waals surface area contributed by atoms with Crippen LogP contribution in [0.5, 0.6) is 0 Å². The summed E-state index contributed by atoms with van der Waals surface area (Å²) in [5.74, 6) is -0.533. The molecular formula is C23H21ClN2O3S. The largest absolute Gasteiger partial charge is 0.457 e. The number of esters is 1. The lowest BCUT2D eigenvalue weighted by molar-refractivity contribution is -0.141. The van der Waals surface area contributed by atoms with Crippen molar-refractivity contribution < 1.29 is 14.3 Å². The van der Waals surface area contributed by atoms with E-state index in [2.05, 4.69) is 4.99 Å². The fourth-order valence-corrected chi connectivity index (χ4v) is 4.98. The highest BCUT2D eigenvalue weighted by Crippen LogP contribution is 2.44. The fraction of sp³-hybridized carbons (Fsp3) is 0.261. The number of ether oxygens (including phenoxy) is 1. The van der Waals surface area contributed by atoms with Gasteiger partial charge in [-0.25, -0.2) is 9.79 Å². The monoisotopic (exact) mass is 440 g/mol. The van der Waals surface area contributed by atoms with Gasteiger partial charge in [-0.15, -0.1) is 0 Å². The number of hydrogen-bond acceptors (Lipinski definition) is 5. The van der Waals surface area contributed by atoms with E-state index in [9.17, 15) is 9.59 Å². The van der Waals surface area contributed by atoms with Gasteiger partial charge in [0, 0.05) is 5.02 Å². The van der Waals surface area contributed by atoms with Crippen molar-refractivity contribution in [1.29, 1.82) is 0 Å². The number of carbonyl (C=O) groups is 2. The molecule has 7 heteroatoms. The van der Waals surface area contributed by atoms with Gasteiger partial charge in [0.1, 0.15) is 6.61 Å². The van der Waals surface area contributed by atoms with Crippen LogP contribution in [0.3, 0.4) is 0 Å². The van der Waals surface area contributed by atoms with Crippen molar-refractivity contribution in [2.24, 2.45) is 4.99 Å². The van der Waals surface area contributed by atoms with E-state index >= 15 is 0 Å². The Balaban J connectivity index is 1.72. The molecule has 0 aliphatic carbocycles. The lowest BCUT2D eigenvalue weighted by Gasteiger charge is -2.33. The van der Waals surface area contributed by atoms with Crippen LogP contribution in [-0.2, 0) is 20.9 Å². The maximum absolute atomic E-state index is 13.2. The molecule has 2 aliphatic heterocycles. The third-order valence-corrected chi connectivity index (χ3v) is 6.67. The van der Waals surface area contributed by atoms with Gasteiger partial charge in [-0.3, -0.25) is 9.69 Å². The number of rotatable bonds is 5. The number of nitrogens with zero attached hydrogens (tertiary/aromatic N) is 2. The van der Waals surface area contributed by atoms with E-state index in [1.54, 1.807) is 24.0 Å². The topological polar surface area (TPSA) is 59.0 Å². The molecular weight excluding hydrogens is 420 g/mol. The minimum absolute atomic E-state index is 0.0490. The molecule has 5 nitrogen and oxygen atoms in total. The second-order valence-electron chi connectivity index (χ2n) is 7.14. The van der Waals surface area contributed by atoms with Crippen molar-refractivity contribution in [2.75, 3.05) is 0 Å². The van der Waals surface area contributed by atoms with Crippen LogP contribution in [-0.4, -0.2) is 27.2 Å². The van der Waals surface area contributed by atoms with Gasteiger partial charge in [-0.2, -0.15) is 0 Å². The smallest absolute Gasteiger partial charge is 0.338 e. The predicted molar refractivity (Wildman–Crippen MR) is 119 cm³/mol. The van der Waals surface area contributed by atoms with Crippen LogP contribution in [0.15, 0.2) is 70.9 Å². The molecule has 0 N–H and O–H groups in total. The first-order chi connectivity index (χ1) is 14.5. The Hall–Kier alpha value is -2.57. The molecule has 2 aromatic rings. The van der Waals surface area contributed by atoms with Crippen LogP contribution in [0.1, 0.15) is 37.4 Å². The van der Waals surface area contributed by atoms with Gasteiger partial charge in [0.25, 0.3) is 0 Å². The quantitative estimate of drug-likeness (QED) is 0.605. The van der Waals surface area contributed by atoms with E-state index in [0.29, 0.717) is 27.9 Å². The summed E-state index contributed by atoms with van der Waals surface area (Å²) in [7, 11) is 0. The van der Waals surface area contributed by atoms with Crippen molar-refractivity contribution in [3.05, 3.63) is 82.0 Å². The summed E-state index contributed by atoms with van der Waals surface area (Å²) in [5.41, 5.74) is 2.57. The van der Waals surface area contributed by atoms with E-state index in [1.165, 1.54) is 11.8 Å². The average Bonchev–Trinajstić information content (AvgIpc) is 3.06. The van der Waals surface area contributed by atoms with Gasteiger partial charge < -0.3 is 4.74 Å². The summed E-state index contributed by atoms with van der Waals surface area (Å²) < 4.78 is 5.61. The van der Waals surface area contributed by atoms with E-state index < -0.39 is 12.0 Å². The molecule has 0 bridgehead atoms. The van der Waals surface area contributed by atoms with Gasteiger partial charge in [0.2, 0.25) is 5.91 Å². The van der Waals surface area contributed by atoms with Crippen LogP contribution < -0.4 is 0 Å². The number of aliphatic imine (C=N–C) groups is 1. The minimum Gasteiger partial charge on any atom is -0.457 e. The molecule has 0 spiro atoms. The van der Waals surface area contributed by atoms with Gasteiger partial charge in [0.05, 0.1) is 22.6 Å². The van der Waals surface area contributed by atoms with Crippen LogP contribution in [0.4, 0.5) is 0 Å². The zero-order valence-corrected chi connectivity index (χ0v) is 18.2. The fourth-order valence-electron chi connectivity index (χ4n) is 3.64. The maximum Gasteiger partial charge on any atom is 0.338 e. The van der Waals surface area contributed by atoms with Crippen molar-refractivity contribution >= 4 is 40.4 Å². The van der Waals surface area contributed by atoms with Crippen LogP contribution in [0.2, 0.25) is 5.02 Å². The van der Waals surface area contributed by atoms with Gasteiger partial charge in [-0.05, 0) is 36.6 Å². The van der Waals surface area contributed by atoms with E-state index in [4.69, 9.17) is 16.3 Å². The molecule has 0 radical (unpaired) electrons. The summed E-state index contributed by atoms with van der Waals surface area (Å²) in [6.45, 7) is 3.90. The van der Waals surface area contributed by atoms with E-state index in [-0.39, 0.29) is 17.8 Å². The van der Waals surface area contributed by atoms with E-state index in [1.807, 2.05) is 49.4 Å². The Labute approximate surface area is 184 Å². The second-order valence-corrected chi connectivity index (χ2v) is 8.74. The molecule has 2 aliphatic rings. The zero-order valence-electron chi connectivity index (χ0n) is 16.7. The molecule has 1 amide bonds. The van der Waals surface area contributed by atoms with E-state index in [0.717, 1.165) is 11.1 Å².